The minimum absolute atomic E-state index is 0.245. The standard InChI is InChI=1S/C35H26O3/c1-22-10-13-24(14-11-22)35(25-15-17-31-32(20-25)37-21-36-31)19-18-29-27-8-4-5-9-28(27)33-26-7-3-2-6-23(26)12-16-30(33)34(29)38-35/h2-11,13-15,17-20H,12,16,21H2,1H3. The zero-order valence-electron chi connectivity index (χ0n) is 21.2. The first-order valence-electron chi connectivity index (χ1n) is 13.2. The molecule has 0 spiro atoms. The molecule has 8 rings (SSSR count). The van der Waals surface area contributed by atoms with Crippen molar-refractivity contribution in [3.8, 4) is 28.4 Å². The lowest BCUT2D eigenvalue weighted by molar-refractivity contribution is 0.158. The van der Waals surface area contributed by atoms with Gasteiger partial charge in [-0.1, -0.05) is 84.4 Å². The molecule has 0 fully saturated rings. The van der Waals surface area contributed by atoms with Gasteiger partial charge in [-0.15, -0.1) is 0 Å². The number of rotatable bonds is 2. The molecular formula is C35H26O3. The van der Waals surface area contributed by atoms with Crippen LogP contribution in [0.1, 0.15) is 33.4 Å². The van der Waals surface area contributed by atoms with Crippen molar-refractivity contribution < 1.29 is 14.2 Å². The van der Waals surface area contributed by atoms with Crippen molar-refractivity contribution in [1.82, 2.24) is 0 Å². The van der Waals surface area contributed by atoms with Gasteiger partial charge < -0.3 is 14.2 Å². The Morgan fingerprint density at radius 2 is 1.47 bits per heavy atom. The molecule has 38 heavy (non-hydrogen) atoms. The highest BCUT2D eigenvalue weighted by atomic mass is 16.7. The number of ether oxygens (including phenoxy) is 3. The van der Waals surface area contributed by atoms with Gasteiger partial charge in [-0.25, -0.2) is 0 Å². The second-order valence-corrected chi connectivity index (χ2v) is 10.4. The maximum Gasteiger partial charge on any atom is 0.231 e. The quantitative estimate of drug-likeness (QED) is 0.249. The molecule has 184 valence electrons. The first-order valence-corrected chi connectivity index (χ1v) is 13.2. The van der Waals surface area contributed by atoms with E-state index in [0.717, 1.165) is 46.8 Å². The summed E-state index contributed by atoms with van der Waals surface area (Å²) in [6, 6.07) is 32.4. The molecule has 1 aliphatic carbocycles. The topological polar surface area (TPSA) is 27.7 Å². The van der Waals surface area contributed by atoms with E-state index in [9.17, 15) is 0 Å². The number of hydrogen-bond acceptors (Lipinski definition) is 3. The molecule has 3 aliphatic rings. The van der Waals surface area contributed by atoms with E-state index in [0.29, 0.717) is 0 Å². The minimum atomic E-state index is -0.797. The third-order valence-electron chi connectivity index (χ3n) is 8.27. The molecule has 0 bridgehead atoms. The van der Waals surface area contributed by atoms with Crippen LogP contribution < -0.4 is 14.2 Å². The fraction of sp³-hybridized carbons (Fsp3) is 0.143. The summed E-state index contributed by atoms with van der Waals surface area (Å²) in [6.07, 6.45) is 6.43. The maximum atomic E-state index is 7.33. The van der Waals surface area contributed by atoms with Crippen molar-refractivity contribution in [1.29, 1.82) is 0 Å². The molecule has 2 heterocycles. The molecule has 2 aliphatic heterocycles. The van der Waals surface area contributed by atoms with Gasteiger partial charge in [0.1, 0.15) is 5.75 Å². The Labute approximate surface area is 221 Å². The highest BCUT2D eigenvalue weighted by Crippen LogP contribution is 2.52. The van der Waals surface area contributed by atoms with Crippen molar-refractivity contribution in [3.05, 3.63) is 130 Å². The number of aryl methyl sites for hydroxylation is 2. The summed E-state index contributed by atoms with van der Waals surface area (Å²) in [5.41, 5.74) is 8.99. The van der Waals surface area contributed by atoms with Crippen LogP contribution in [0.5, 0.6) is 17.2 Å². The molecule has 5 aromatic rings. The minimum Gasteiger partial charge on any atom is -0.473 e. The summed E-state index contributed by atoms with van der Waals surface area (Å²) < 4.78 is 18.7. The normalized spacial score (nSPS) is 18.4. The van der Waals surface area contributed by atoms with Gasteiger partial charge in [0, 0.05) is 22.3 Å². The second-order valence-electron chi connectivity index (χ2n) is 10.4. The van der Waals surface area contributed by atoms with Gasteiger partial charge in [0.2, 0.25) is 6.79 Å². The summed E-state index contributed by atoms with van der Waals surface area (Å²) in [4.78, 5) is 0. The van der Waals surface area contributed by atoms with Crippen LogP contribution >= 0.6 is 0 Å². The molecule has 3 nitrogen and oxygen atoms in total. The molecule has 1 unspecified atom stereocenters. The Morgan fingerprint density at radius 1 is 0.711 bits per heavy atom. The second kappa shape index (κ2) is 8.00. The van der Waals surface area contributed by atoms with E-state index in [1.807, 2.05) is 6.07 Å². The zero-order chi connectivity index (χ0) is 25.3. The van der Waals surface area contributed by atoms with Gasteiger partial charge in [0.15, 0.2) is 17.1 Å². The first-order chi connectivity index (χ1) is 18.7. The van der Waals surface area contributed by atoms with Crippen molar-refractivity contribution in [2.45, 2.75) is 25.4 Å². The average Bonchev–Trinajstić information content (AvgIpc) is 3.45. The van der Waals surface area contributed by atoms with E-state index in [1.54, 1.807) is 0 Å². The smallest absolute Gasteiger partial charge is 0.231 e. The summed E-state index contributed by atoms with van der Waals surface area (Å²) in [5.74, 6) is 2.51. The van der Waals surface area contributed by atoms with Gasteiger partial charge in [-0.3, -0.25) is 0 Å². The fourth-order valence-corrected chi connectivity index (χ4v) is 6.37. The number of benzene rings is 5. The largest absolute Gasteiger partial charge is 0.473 e. The maximum absolute atomic E-state index is 7.33. The molecule has 5 aromatic carbocycles. The zero-order valence-corrected chi connectivity index (χ0v) is 21.2. The van der Waals surface area contributed by atoms with Crippen LogP contribution in [0.25, 0.3) is 28.0 Å². The Morgan fingerprint density at radius 3 is 2.37 bits per heavy atom. The third-order valence-corrected chi connectivity index (χ3v) is 8.27. The summed E-state index contributed by atoms with van der Waals surface area (Å²) >= 11 is 0. The Hall–Kier alpha value is -4.50. The highest BCUT2D eigenvalue weighted by molar-refractivity contribution is 6.06. The average molecular weight is 495 g/mol. The van der Waals surface area contributed by atoms with Crippen LogP contribution in [-0.2, 0) is 18.4 Å². The SMILES string of the molecule is Cc1ccc(C2(c3ccc4c(c3)OCO4)C=Cc3c(c4c(c5ccccc35)-c3ccccc3CC4)O2)cc1. The lowest BCUT2D eigenvalue weighted by Crippen LogP contribution is -2.35. The Kier molecular flexibility index (Phi) is 4.54. The summed E-state index contributed by atoms with van der Waals surface area (Å²) in [5, 5.41) is 2.50. The van der Waals surface area contributed by atoms with Gasteiger partial charge >= 0.3 is 0 Å². The lowest BCUT2D eigenvalue weighted by atomic mass is 9.78. The molecule has 0 radical (unpaired) electrons. The van der Waals surface area contributed by atoms with E-state index in [2.05, 4.69) is 104 Å². The summed E-state index contributed by atoms with van der Waals surface area (Å²) in [6.45, 7) is 2.36. The fourth-order valence-electron chi connectivity index (χ4n) is 6.37. The van der Waals surface area contributed by atoms with Crippen LogP contribution in [0.15, 0.2) is 97.1 Å². The van der Waals surface area contributed by atoms with Crippen LogP contribution in [0.2, 0.25) is 0 Å². The molecule has 0 N–H and O–H groups in total. The molecule has 0 amide bonds. The predicted molar refractivity (Wildman–Crippen MR) is 151 cm³/mol. The van der Waals surface area contributed by atoms with Crippen molar-refractivity contribution in [2.75, 3.05) is 6.79 Å². The van der Waals surface area contributed by atoms with Crippen LogP contribution in [0.3, 0.4) is 0 Å². The Balaban J connectivity index is 1.42. The molecule has 1 atom stereocenters. The Bertz CT molecular complexity index is 1780. The molecule has 3 heteroatoms. The number of fused-ring (bicyclic) bond motifs is 9. The van der Waals surface area contributed by atoms with Crippen LogP contribution in [0.4, 0.5) is 0 Å². The van der Waals surface area contributed by atoms with E-state index in [1.165, 1.54) is 38.6 Å². The van der Waals surface area contributed by atoms with Crippen LogP contribution in [-0.4, -0.2) is 6.79 Å². The van der Waals surface area contributed by atoms with E-state index < -0.39 is 5.60 Å². The van der Waals surface area contributed by atoms with Crippen molar-refractivity contribution >= 4 is 16.8 Å². The van der Waals surface area contributed by atoms with Gasteiger partial charge in [0.05, 0.1) is 0 Å². The van der Waals surface area contributed by atoms with E-state index >= 15 is 0 Å². The summed E-state index contributed by atoms with van der Waals surface area (Å²) in [7, 11) is 0. The number of hydrogen-bond donors (Lipinski definition) is 0. The van der Waals surface area contributed by atoms with Crippen molar-refractivity contribution in [2.24, 2.45) is 0 Å². The first kappa shape index (κ1) is 21.6. The van der Waals surface area contributed by atoms with Crippen LogP contribution in [0, 0.1) is 6.92 Å². The van der Waals surface area contributed by atoms with Gasteiger partial charge in [0.25, 0.3) is 0 Å². The molecule has 0 aromatic heterocycles. The molecular weight excluding hydrogens is 468 g/mol. The lowest BCUT2D eigenvalue weighted by Gasteiger charge is -2.39. The van der Waals surface area contributed by atoms with E-state index in [4.69, 9.17) is 14.2 Å². The third kappa shape index (κ3) is 3.02. The molecule has 0 saturated heterocycles. The van der Waals surface area contributed by atoms with E-state index in [-0.39, 0.29) is 6.79 Å². The van der Waals surface area contributed by atoms with Crippen molar-refractivity contribution in [3.63, 3.8) is 0 Å². The highest BCUT2D eigenvalue weighted by Gasteiger charge is 2.40. The van der Waals surface area contributed by atoms with Gasteiger partial charge in [-0.05, 0) is 71.5 Å². The molecule has 0 saturated carbocycles. The predicted octanol–water partition coefficient (Wildman–Crippen LogP) is 7.99. The van der Waals surface area contributed by atoms with Gasteiger partial charge in [-0.2, -0.15) is 0 Å². The monoisotopic (exact) mass is 494 g/mol.